The first-order chi connectivity index (χ1) is 28.7. The summed E-state index contributed by atoms with van der Waals surface area (Å²) in [6.07, 6.45) is 0. The third-order valence-corrected chi connectivity index (χ3v) is 10.5. The van der Waals surface area contributed by atoms with Crippen molar-refractivity contribution in [2.75, 3.05) is 0 Å². The van der Waals surface area contributed by atoms with Crippen LogP contribution in [0.15, 0.2) is 146 Å². The number of benzene rings is 7. The second-order valence-electron chi connectivity index (χ2n) is 14.2. The highest BCUT2D eigenvalue weighted by molar-refractivity contribution is 6.60. The van der Waals surface area contributed by atoms with E-state index in [0.29, 0.717) is 66.8 Å². The molecule has 0 unspecified atom stereocenters. The average Bonchev–Trinajstić information content (AvgIpc) is 3.25. The molecule has 0 bridgehead atoms. The molecule has 0 radical (unpaired) electrons. The number of hydrogen-bond donors (Lipinski definition) is 12. The van der Waals surface area contributed by atoms with Gasteiger partial charge in [-0.3, -0.25) is 0 Å². The molecule has 0 heterocycles. The predicted molar refractivity (Wildman–Crippen MR) is 238 cm³/mol. The van der Waals surface area contributed by atoms with E-state index in [0.717, 1.165) is 0 Å². The molecule has 7 aromatic carbocycles. The van der Waals surface area contributed by atoms with Crippen LogP contribution in [0.3, 0.4) is 0 Å². The van der Waals surface area contributed by atoms with Crippen LogP contribution in [0.2, 0.25) is 0 Å². The standard InChI is InChI=1S/C42H36B6O12/c49-43(50)31-13-1-25(2-14-31)37-38(26-3-15-32(16-4-26)44(51)52)40(28-7-19-34(20-8-28)46(55)56)42(30-11-23-36(24-12-30)48(59)60)41(29-9-21-35(22-10-29)47(57)58)39(37)27-5-17-33(18-6-27)45(53)54/h1-24,49-60H. The summed E-state index contributed by atoms with van der Waals surface area (Å²) in [7, 11) is -10.7. The van der Waals surface area contributed by atoms with Crippen LogP contribution in [0.4, 0.5) is 0 Å². The molecule has 0 saturated heterocycles. The average molecular weight is 798 g/mol. The Labute approximate surface area is 347 Å². The zero-order chi connectivity index (χ0) is 42.8. The van der Waals surface area contributed by atoms with Crippen molar-refractivity contribution in [1.82, 2.24) is 0 Å². The van der Waals surface area contributed by atoms with Crippen molar-refractivity contribution in [2.24, 2.45) is 0 Å². The molecule has 0 atom stereocenters. The molecule has 60 heavy (non-hydrogen) atoms. The van der Waals surface area contributed by atoms with Crippen molar-refractivity contribution in [3.63, 3.8) is 0 Å². The first-order valence-electron chi connectivity index (χ1n) is 18.8. The van der Waals surface area contributed by atoms with Crippen molar-refractivity contribution in [2.45, 2.75) is 0 Å². The zero-order valence-corrected chi connectivity index (χ0v) is 31.7. The molecule has 0 aliphatic rings. The van der Waals surface area contributed by atoms with Crippen LogP contribution in [0.5, 0.6) is 0 Å². The van der Waals surface area contributed by atoms with Crippen molar-refractivity contribution >= 4 is 75.5 Å². The van der Waals surface area contributed by atoms with Crippen molar-refractivity contribution in [3.8, 4) is 66.8 Å². The molecule has 0 aliphatic heterocycles. The Morgan fingerprint density at radius 2 is 0.267 bits per heavy atom. The van der Waals surface area contributed by atoms with Gasteiger partial charge in [-0.25, -0.2) is 0 Å². The van der Waals surface area contributed by atoms with E-state index in [-0.39, 0.29) is 32.8 Å². The van der Waals surface area contributed by atoms with Gasteiger partial charge in [0.25, 0.3) is 0 Å². The van der Waals surface area contributed by atoms with E-state index in [1.807, 2.05) is 0 Å². The van der Waals surface area contributed by atoms with Crippen LogP contribution in [0.1, 0.15) is 0 Å². The highest BCUT2D eigenvalue weighted by atomic mass is 16.4. The van der Waals surface area contributed by atoms with Gasteiger partial charge in [-0.05, 0) is 99.5 Å². The van der Waals surface area contributed by atoms with Crippen LogP contribution in [-0.2, 0) is 0 Å². The van der Waals surface area contributed by atoms with Crippen LogP contribution >= 0.6 is 0 Å². The van der Waals surface area contributed by atoms with E-state index in [1.165, 1.54) is 0 Å². The normalized spacial score (nSPS) is 11.0. The fourth-order valence-electron chi connectivity index (χ4n) is 7.41. The molecule has 0 amide bonds. The van der Waals surface area contributed by atoms with Gasteiger partial charge < -0.3 is 60.3 Å². The first-order valence-corrected chi connectivity index (χ1v) is 18.8. The zero-order valence-electron chi connectivity index (χ0n) is 31.7. The minimum Gasteiger partial charge on any atom is -0.423 e. The lowest BCUT2D eigenvalue weighted by atomic mass is 9.71. The predicted octanol–water partition coefficient (Wildman–Crippen LogP) is -2.23. The Bertz CT molecular complexity index is 2080. The Morgan fingerprint density at radius 1 is 0.167 bits per heavy atom. The fourth-order valence-corrected chi connectivity index (χ4v) is 7.41. The molecular weight excluding hydrogens is 761 g/mol. The molecule has 12 N–H and O–H groups in total. The van der Waals surface area contributed by atoms with E-state index >= 15 is 0 Å². The highest BCUT2D eigenvalue weighted by Crippen LogP contribution is 2.55. The van der Waals surface area contributed by atoms with Gasteiger partial charge >= 0.3 is 42.7 Å². The Hall–Kier alpha value is -5.55. The van der Waals surface area contributed by atoms with Crippen LogP contribution in [0.25, 0.3) is 66.8 Å². The Morgan fingerprint density at radius 3 is 0.350 bits per heavy atom. The summed E-state index contributed by atoms with van der Waals surface area (Å²) in [4.78, 5) is 0. The summed E-state index contributed by atoms with van der Waals surface area (Å²) in [5.74, 6) is 0. The fraction of sp³-hybridized carbons (Fsp3) is 0. The summed E-state index contributed by atoms with van der Waals surface area (Å²) >= 11 is 0. The molecule has 18 heteroatoms. The summed E-state index contributed by atoms with van der Waals surface area (Å²) in [5, 5.41) is 121. The molecule has 7 rings (SSSR count). The monoisotopic (exact) mass is 798 g/mol. The maximum absolute atomic E-state index is 10.1. The minimum atomic E-state index is -1.78. The molecule has 294 valence electrons. The highest BCUT2D eigenvalue weighted by Gasteiger charge is 2.31. The smallest absolute Gasteiger partial charge is 0.423 e. The lowest BCUT2D eigenvalue weighted by Crippen LogP contribution is -2.29. The number of rotatable bonds is 12. The first kappa shape index (κ1) is 42.6. The summed E-state index contributed by atoms with van der Waals surface area (Å²) in [6, 6.07) is 39.3. The minimum absolute atomic E-state index is 0.212. The lowest BCUT2D eigenvalue weighted by Gasteiger charge is -2.29. The third-order valence-electron chi connectivity index (χ3n) is 10.5. The molecule has 7 aromatic rings. The molecule has 0 fully saturated rings. The van der Waals surface area contributed by atoms with Gasteiger partial charge in [-0.1, -0.05) is 146 Å². The molecule has 12 nitrogen and oxygen atoms in total. The second-order valence-corrected chi connectivity index (χ2v) is 14.2. The van der Waals surface area contributed by atoms with E-state index in [1.54, 1.807) is 146 Å². The van der Waals surface area contributed by atoms with E-state index in [4.69, 9.17) is 0 Å². The summed E-state index contributed by atoms with van der Waals surface area (Å²) in [5.41, 5.74) is 8.25. The van der Waals surface area contributed by atoms with Crippen molar-refractivity contribution < 1.29 is 60.3 Å². The topological polar surface area (TPSA) is 243 Å². The van der Waals surface area contributed by atoms with E-state index in [2.05, 4.69) is 0 Å². The maximum Gasteiger partial charge on any atom is 0.488 e. The second kappa shape index (κ2) is 18.0. The molecule has 0 aromatic heterocycles. The van der Waals surface area contributed by atoms with Gasteiger partial charge in [0, 0.05) is 0 Å². The van der Waals surface area contributed by atoms with Gasteiger partial charge in [-0.2, -0.15) is 0 Å². The third kappa shape index (κ3) is 8.68. The molecule has 0 spiro atoms. The largest absolute Gasteiger partial charge is 0.488 e. The van der Waals surface area contributed by atoms with E-state index in [9.17, 15) is 60.3 Å². The van der Waals surface area contributed by atoms with Gasteiger partial charge in [0.2, 0.25) is 0 Å². The van der Waals surface area contributed by atoms with Gasteiger partial charge in [0.05, 0.1) is 0 Å². The van der Waals surface area contributed by atoms with E-state index < -0.39 is 42.7 Å². The van der Waals surface area contributed by atoms with Gasteiger partial charge in [-0.15, -0.1) is 0 Å². The summed E-state index contributed by atoms with van der Waals surface area (Å²) in [6.45, 7) is 0. The summed E-state index contributed by atoms with van der Waals surface area (Å²) < 4.78 is 0. The van der Waals surface area contributed by atoms with Gasteiger partial charge in [0.15, 0.2) is 0 Å². The van der Waals surface area contributed by atoms with Gasteiger partial charge in [0.1, 0.15) is 0 Å². The Kier molecular flexibility index (Phi) is 12.8. The molecule has 0 aliphatic carbocycles. The van der Waals surface area contributed by atoms with Crippen LogP contribution in [0, 0.1) is 0 Å². The molecular formula is C42H36B6O12. The Balaban J connectivity index is 1.78. The quantitative estimate of drug-likeness (QED) is 0.0589. The maximum atomic E-state index is 10.1. The molecule has 0 saturated carbocycles. The SMILES string of the molecule is OB(O)c1ccc(-c2c(-c3ccc(B(O)O)cc3)c(-c3ccc(B(O)O)cc3)c(-c3ccc(B(O)O)cc3)c(-c3ccc(B(O)O)cc3)c2-c2ccc(B(O)O)cc2)cc1. The number of hydrogen-bond acceptors (Lipinski definition) is 12. The van der Waals surface area contributed by atoms with Crippen LogP contribution in [-0.4, -0.2) is 103 Å². The van der Waals surface area contributed by atoms with Crippen molar-refractivity contribution in [1.29, 1.82) is 0 Å². The van der Waals surface area contributed by atoms with Crippen molar-refractivity contribution in [3.05, 3.63) is 146 Å². The lowest BCUT2D eigenvalue weighted by molar-refractivity contribution is 0.424. The van der Waals surface area contributed by atoms with Crippen LogP contribution < -0.4 is 32.8 Å².